The van der Waals surface area contributed by atoms with E-state index >= 15 is 0 Å². The lowest BCUT2D eigenvalue weighted by Crippen LogP contribution is -2.15. The van der Waals surface area contributed by atoms with E-state index in [0.29, 0.717) is 0 Å². The molecule has 0 aliphatic carbocycles. The summed E-state index contributed by atoms with van der Waals surface area (Å²) in [5, 5.41) is 14.5. The first-order valence-electron chi connectivity index (χ1n) is 7.50. The molecule has 7 nitrogen and oxygen atoms in total. The molecule has 2 heterocycles. The lowest BCUT2D eigenvalue weighted by atomic mass is 10.1. The van der Waals surface area contributed by atoms with Gasteiger partial charge in [0.2, 0.25) is 0 Å². The van der Waals surface area contributed by atoms with Crippen molar-refractivity contribution in [1.82, 2.24) is 25.0 Å². The molecule has 2 rings (SSSR count). The lowest BCUT2D eigenvalue weighted by Gasteiger charge is -2.14. The van der Waals surface area contributed by atoms with Gasteiger partial charge in [-0.2, -0.15) is 0 Å². The van der Waals surface area contributed by atoms with Crippen LogP contribution in [0, 0.1) is 0 Å². The van der Waals surface area contributed by atoms with Gasteiger partial charge in [-0.1, -0.05) is 25.5 Å². The molecule has 0 aliphatic rings. The SMILES string of the molecule is CCCNc1ncnc(NCCn2ccnn2)c1CCC. The van der Waals surface area contributed by atoms with Crippen molar-refractivity contribution in [2.24, 2.45) is 0 Å². The predicted molar refractivity (Wildman–Crippen MR) is 83.3 cm³/mol. The smallest absolute Gasteiger partial charge is 0.134 e. The van der Waals surface area contributed by atoms with Gasteiger partial charge < -0.3 is 10.6 Å². The van der Waals surface area contributed by atoms with Gasteiger partial charge in [0.05, 0.1) is 12.7 Å². The molecule has 7 heteroatoms. The molecule has 2 N–H and O–H groups in total. The maximum Gasteiger partial charge on any atom is 0.134 e. The fourth-order valence-corrected chi connectivity index (χ4v) is 2.09. The molecule has 0 unspecified atom stereocenters. The van der Waals surface area contributed by atoms with Gasteiger partial charge >= 0.3 is 0 Å². The Hall–Kier alpha value is -2.18. The lowest BCUT2D eigenvalue weighted by molar-refractivity contribution is 0.608. The largest absolute Gasteiger partial charge is 0.370 e. The highest BCUT2D eigenvalue weighted by atomic mass is 15.4. The van der Waals surface area contributed by atoms with E-state index in [1.165, 1.54) is 0 Å². The molecule has 0 aliphatic heterocycles. The Morgan fingerprint density at radius 2 is 1.81 bits per heavy atom. The zero-order valence-electron chi connectivity index (χ0n) is 12.7. The van der Waals surface area contributed by atoms with Crippen LogP contribution in [0.3, 0.4) is 0 Å². The van der Waals surface area contributed by atoms with Gasteiger partial charge in [0.15, 0.2) is 0 Å². The predicted octanol–water partition coefficient (Wildman–Crippen LogP) is 1.95. The van der Waals surface area contributed by atoms with Crippen LogP contribution in [-0.4, -0.2) is 38.1 Å². The van der Waals surface area contributed by atoms with Crippen LogP contribution in [0.25, 0.3) is 0 Å². The fourth-order valence-electron chi connectivity index (χ4n) is 2.09. The Bertz CT molecular complexity index is 524. The standard InChI is InChI=1S/C14H23N7/c1-3-5-12-13(15-6-4-2)17-11-18-14(12)16-7-9-21-10-8-19-20-21/h8,10-11H,3-7,9H2,1-2H3,(H2,15,16,17,18). The summed E-state index contributed by atoms with van der Waals surface area (Å²) in [5.41, 5.74) is 1.16. The van der Waals surface area contributed by atoms with Crippen molar-refractivity contribution in [3.8, 4) is 0 Å². The topological polar surface area (TPSA) is 80.5 Å². The quantitative estimate of drug-likeness (QED) is 0.734. The third-order valence-corrected chi connectivity index (χ3v) is 3.09. The van der Waals surface area contributed by atoms with Crippen LogP contribution in [-0.2, 0) is 13.0 Å². The number of anilines is 2. The van der Waals surface area contributed by atoms with Gasteiger partial charge in [0.1, 0.15) is 18.0 Å². The van der Waals surface area contributed by atoms with Gasteiger partial charge in [-0.05, 0) is 12.8 Å². The number of nitrogens with zero attached hydrogens (tertiary/aromatic N) is 5. The first-order valence-corrected chi connectivity index (χ1v) is 7.50. The number of rotatable bonds is 9. The second kappa shape index (κ2) is 8.18. The molecule has 0 radical (unpaired) electrons. The zero-order chi connectivity index (χ0) is 14.9. The maximum absolute atomic E-state index is 4.38. The summed E-state index contributed by atoms with van der Waals surface area (Å²) in [6.45, 7) is 6.74. The molecule has 0 spiro atoms. The molecule has 0 saturated carbocycles. The van der Waals surface area contributed by atoms with Crippen molar-refractivity contribution in [2.45, 2.75) is 39.7 Å². The summed E-state index contributed by atoms with van der Waals surface area (Å²) >= 11 is 0. The van der Waals surface area contributed by atoms with E-state index in [4.69, 9.17) is 0 Å². The van der Waals surface area contributed by atoms with Crippen molar-refractivity contribution < 1.29 is 0 Å². The molecule has 0 fully saturated rings. The van der Waals surface area contributed by atoms with Crippen molar-refractivity contribution in [3.05, 3.63) is 24.3 Å². The molecular formula is C14H23N7. The average molecular weight is 289 g/mol. The fraction of sp³-hybridized carbons (Fsp3) is 0.571. The first-order chi connectivity index (χ1) is 10.3. The van der Waals surface area contributed by atoms with Gasteiger partial charge in [-0.3, -0.25) is 4.68 Å². The highest BCUT2D eigenvalue weighted by molar-refractivity contribution is 5.57. The zero-order valence-corrected chi connectivity index (χ0v) is 12.7. The summed E-state index contributed by atoms with van der Waals surface area (Å²) < 4.78 is 1.80. The highest BCUT2D eigenvalue weighted by Gasteiger charge is 2.10. The molecule has 2 aromatic heterocycles. The molecule has 2 aromatic rings. The monoisotopic (exact) mass is 289 g/mol. The number of nitrogens with one attached hydrogen (secondary N) is 2. The Kier molecular flexibility index (Phi) is 5.93. The van der Waals surface area contributed by atoms with Crippen LogP contribution in [0.1, 0.15) is 32.3 Å². The van der Waals surface area contributed by atoms with Crippen molar-refractivity contribution in [1.29, 1.82) is 0 Å². The van der Waals surface area contributed by atoms with E-state index in [-0.39, 0.29) is 0 Å². The van der Waals surface area contributed by atoms with Crippen LogP contribution in [0.5, 0.6) is 0 Å². The minimum absolute atomic E-state index is 0.754. The molecular weight excluding hydrogens is 266 g/mol. The molecule has 0 bridgehead atoms. The van der Waals surface area contributed by atoms with Crippen molar-refractivity contribution in [3.63, 3.8) is 0 Å². The highest BCUT2D eigenvalue weighted by Crippen LogP contribution is 2.21. The minimum atomic E-state index is 0.754. The van der Waals surface area contributed by atoms with E-state index in [2.05, 4.69) is 44.8 Å². The van der Waals surface area contributed by atoms with Crippen LogP contribution in [0.15, 0.2) is 18.7 Å². The van der Waals surface area contributed by atoms with Crippen molar-refractivity contribution >= 4 is 11.6 Å². The molecule has 114 valence electrons. The van der Waals surface area contributed by atoms with E-state index in [1.807, 2.05) is 6.20 Å². The second-order valence-electron chi connectivity index (χ2n) is 4.82. The van der Waals surface area contributed by atoms with E-state index in [1.54, 1.807) is 17.2 Å². The number of aromatic nitrogens is 5. The summed E-state index contributed by atoms with van der Waals surface area (Å²) in [6.07, 6.45) is 8.23. The van der Waals surface area contributed by atoms with Gasteiger partial charge in [-0.25, -0.2) is 9.97 Å². The summed E-state index contributed by atoms with van der Waals surface area (Å²) in [7, 11) is 0. The van der Waals surface area contributed by atoms with Crippen LogP contribution in [0.4, 0.5) is 11.6 Å². The average Bonchev–Trinajstić information content (AvgIpc) is 3.01. The minimum Gasteiger partial charge on any atom is -0.370 e. The Morgan fingerprint density at radius 1 is 1.05 bits per heavy atom. The molecule has 0 amide bonds. The van der Waals surface area contributed by atoms with Crippen LogP contribution < -0.4 is 10.6 Å². The number of hydrogen-bond acceptors (Lipinski definition) is 6. The molecule has 0 saturated heterocycles. The Balaban J connectivity index is 2.02. The third kappa shape index (κ3) is 4.40. The van der Waals surface area contributed by atoms with E-state index in [0.717, 1.165) is 56.1 Å². The summed E-state index contributed by atoms with van der Waals surface area (Å²) in [5.74, 6) is 1.85. The normalized spacial score (nSPS) is 10.6. The molecule has 0 atom stereocenters. The maximum atomic E-state index is 4.38. The third-order valence-electron chi connectivity index (χ3n) is 3.09. The van der Waals surface area contributed by atoms with Crippen molar-refractivity contribution in [2.75, 3.05) is 23.7 Å². The first kappa shape index (κ1) is 15.2. The number of hydrogen-bond donors (Lipinski definition) is 2. The van der Waals surface area contributed by atoms with E-state index in [9.17, 15) is 0 Å². The van der Waals surface area contributed by atoms with Gasteiger partial charge in [-0.15, -0.1) is 5.10 Å². The summed E-state index contributed by atoms with van der Waals surface area (Å²) in [6, 6.07) is 0. The molecule has 0 aromatic carbocycles. The second-order valence-corrected chi connectivity index (χ2v) is 4.82. The van der Waals surface area contributed by atoms with Crippen LogP contribution in [0.2, 0.25) is 0 Å². The summed E-state index contributed by atoms with van der Waals surface area (Å²) in [4.78, 5) is 8.74. The Labute approximate surface area is 125 Å². The van der Waals surface area contributed by atoms with Gasteiger partial charge in [0, 0.05) is 24.8 Å². The van der Waals surface area contributed by atoms with Crippen LogP contribution >= 0.6 is 0 Å². The van der Waals surface area contributed by atoms with E-state index < -0.39 is 0 Å². The molecule has 21 heavy (non-hydrogen) atoms. The Morgan fingerprint density at radius 3 is 2.43 bits per heavy atom. The van der Waals surface area contributed by atoms with Gasteiger partial charge in [0.25, 0.3) is 0 Å².